The Morgan fingerprint density at radius 1 is 0.885 bits per heavy atom. The van der Waals surface area contributed by atoms with Gasteiger partial charge in [-0.2, -0.15) is 0 Å². The Hall–Kier alpha value is -2.52. The molecule has 0 saturated heterocycles. The quantitative estimate of drug-likeness (QED) is 0.217. The third-order valence-corrected chi connectivity index (χ3v) is 4.85. The first-order valence-corrected chi connectivity index (χ1v) is 8.64. The third-order valence-electron chi connectivity index (χ3n) is 4.85. The van der Waals surface area contributed by atoms with Crippen molar-refractivity contribution >= 4 is 23.5 Å². The summed E-state index contributed by atoms with van der Waals surface area (Å²) in [6.07, 6.45) is -0.174. The maximum Gasteiger partial charge on any atom is 0.395 e. The second-order valence-electron chi connectivity index (χ2n) is 6.26. The van der Waals surface area contributed by atoms with Gasteiger partial charge in [-0.1, -0.05) is 0 Å². The van der Waals surface area contributed by atoms with E-state index in [0.29, 0.717) is 0 Å². The standard InChI is InChI=1S/C16H22N2O8/c1-3-25-13(21)15(9-5-7-11(15)19)17(23)18(24)16(14(22)26-4-2)10-6-8-12(16)20/h3-10H2,1-2H3/b18-17+. The highest BCUT2D eigenvalue weighted by atomic mass is 16.6. The van der Waals surface area contributed by atoms with Crippen LogP contribution in [0.4, 0.5) is 0 Å². The van der Waals surface area contributed by atoms with E-state index in [-0.39, 0.29) is 61.5 Å². The number of ketones is 2. The molecule has 0 bridgehead atoms. The lowest BCUT2D eigenvalue weighted by molar-refractivity contribution is -1.00. The van der Waals surface area contributed by atoms with E-state index in [1.165, 1.54) is 13.8 Å². The van der Waals surface area contributed by atoms with Crippen molar-refractivity contribution in [3.05, 3.63) is 10.4 Å². The molecule has 2 saturated carbocycles. The largest absolute Gasteiger partial charge is 0.566 e. The van der Waals surface area contributed by atoms with Gasteiger partial charge < -0.3 is 19.9 Å². The molecule has 10 heteroatoms. The Bertz CT molecular complexity index is 617. The van der Waals surface area contributed by atoms with E-state index in [1.54, 1.807) is 0 Å². The molecule has 0 amide bonds. The van der Waals surface area contributed by atoms with Crippen molar-refractivity contribution in [2.24, 2.45) is 0 Å². The fraction of sp³-hybridized carbons (Fsp3) is 0.750. The fourth-order valence-electron chi connectivity index (χ4n) is 3.51. The van der Waals surface area contributed by atoms with Gasteiger partial charge in [-0.3, -0.25) is 9.59 Å². The van der Waals surface area contributed by atoms with Crippen LogP contribution in [0.25, 0.3) is 0 Å². The van der Waals surface area contributed by atoms with Gasteiger partial charge in [0.1, 0.15) is 0 Å². The zero-order valence-electron chi connectivity index (χ0n) is 14.8. The lowest BCUT2D eigenvalue weighted by Gasteiger charge is -2.25. The third kappa shape index (κ3) is 2.73. The average molecular weight is 370 g/mol. The summed E-state index contributed by atoms with van der Waals surface area (Å²) in [6.45, 7) is 2.80. The summed E-state index contributed by atoms with van der Waals surface area (Å²) < 4.78 is 9.67. The summed E-state index contributed by atoms with van der Waals surface area (Å²) >= 11 is 0. The van der Waals surface area contributed by atoms with Gasteiger partial charge >= 0.3 is 23.0 Å². The number of azo groups is 1. The number of rotatable bonds is 6. The van der Waals surface area contributed by atoms with Gasteiger partial charge in [0.05, 0.1) is 22.9 Å². The Morgan fingerprint density at radius 3 is 1.46 bits per heavy atom. The summed E-state index contributed by atoms with van der Waals surface area (Å²) in [5.41, 5.74) is -4.75. The van der Waals surface area contributed by atoms with Crippen LogP contribution in [-0.4, -0.2) is 57.5 Å². The lowest BCUT2D eigenvalue weighted by Crippen LogP contribution is -2.61. The number of esters is 2. The minimum Gasteiger partial charge on any atom is -0.566 e. The molecule has 0 aromatic carbocycles. The molecule has 0 radical (unpaired) electrons. The number of nitrogens with zero attached hydrogens (tertiary/aromatic N) is 2. The number of hydrogen-bond acceptors (Lipinski definition) is 8. The Kier molecular flexibility index (Phi) is 5.62. The topological polar surface area (TPSA) is 139 Å². The molecule has 0 heterocycles. The van der Waals surface area contributed by atoms with Gasteiger partial charge in [-0.15, -0.1) is 0 Å². The molecule has 26 heavy (non-hydrogen) atoms. The van der Waals surface area contributed by atoms with Crippen molar-refractivity contribution in [1.29, 1.82) is 0 Å². The molecule has 0 aromatic rings. The van der Waals surface area contributed by atoms with E-state index in [9.17, 15) is 29.6 Å². The molecule has 144 valence electrons. The highest BCUT2D eigenvalue weighted by molar-refractivity contribution is 6.09. The zero-order valence-corrected chi connectivity index (χ0v) is 14.8. The first-order valence-electron chi connectivity index (χ1n) is 8.64. The predicted molar refractivity (Wildman–Crippen MR) is 83.7 cm³/mol. The molecule has 0 aliphatic heterocycles. The number of ether oxygens (including phenoxy) is 2. The first kappa shape index (κ1) is 19.8. The Morgan fingerprint density at radius 2 is 1.23 bits per heavy atom. The normalized spacial score (nSPS) is 29.5. The molecular formula is C16H22N2O8. The minimum atomic E-state index is -2.37. The van der Waals surface area contributed by atoms with Gasteiger partial charge in [-0.25, -0.2) is 9.59 Å². The lowest BCUT2D eigenvalue weighted by atomic mass is 9.95. The van der Waals surface area contributed by atoms with Gasteiger partial charge in [0, 0.05) is 25.7 Å². The van der Waals surface area contributed by atoms with Crippen molar-refractivity contribution in [2.75, 3.05) is 13.2 Å². The van der Waals surface area contributed by atoms with Crippen LogP contribution < -0.4 is 0 Å². The maximum atomic E-state index is 12.9. The highest BCUT2D eigenvalue weighted by Crippen LogP contribution is 2.35. The monoisotopic (exact) mass is 370 g/mol. The Balaban J connectivity index is 2.63. The van der Waals surface area contributed by atoms with Crippen LogP contribution in [-0.2, 0) is 28.7 Å². The van der Waals surface area contributed by atoms with Crippen molar-refractivity contribution < 1.29 is 38.4 Å². The van der Waals surface area contributed by atoms with Crippen LogP contribution in [0.2, 0.25) is 0 Å². The van der Waals surface area contributed by atoms with Gasteiger partial charge in [0.15, 0.2) is 0 Å². The molecule has 2 aliphatic carbocycles. The van der Waals surface area contributed by atoms with Crippen LogP contribution in [0, 0.1) is 10.4 Å². The van der Waals surface area contributed by atoms with Crippen molar-refractivity contribution in [3.63, 3.8) is 0 Å². The van der Waals surface area contributed by atoms with E-state index in [1.807, 2.05) is 0 Å². The molecule has 0 spiro atoms. The zero-order chi connectivity index (χ0) is 19.5. The van der Waals surface area contributed by atoms with Gasteiger partial charge in [0.25, 0.3) is 0 Å². The first-order chi connectivity index (χ1) is 12.3. The van der Waals surface area contributed by atoms with Gasteiger partial charge in [-0.05, 0) is 26.7 Å². The average Bonchev–Trinajstić information content (AvgIpc) is 3.18. The van der Waals surface area contributed by atoms with Crippen LogP contribution in [0.15, 0.2) is 0 Å². The number of carbonyl (C=O) groups excluding carboxylic acids is 4. The molecule has 2 unspecified atom stereocenters. The molecule has 2 aliphatic rings. The van der Waals surface area contributed by atoms with E-state index in [2.05, 4.69) is 0 Å². The smallest absolute Gasteiger partial charge is 0.395 e. The SMILES string of the molecule is CCOC(=O)C1(/[N+]([O-])=[N+](\[O-])C2(C(=O)OCC)CCCC2=O)CCCC1=O. The second-order valence-corrected chi connectivity index (χ2v) is 6.26. The summed E-state index contributed by atoms with van der Waals surface area (Å²) in [7, 11) is 0. The minimum absolute atomic E-state index is 0.0776. The summed E-state index contributed by atoms with van der Waals surface area (Å²) in [5, 5.41) is 25.8. The van der Waals surface area contributed by atoms with E-state index in [4.69, 9.17) is 9.47 Å². The molecule has 0 N–H and O–H groups in total. The molecule has 0 aromatic heterocycles. The van der Waals surface area contributed by atoms with Crippen LogP contribution >= 0.6 is 0 Å². The van der Waals surface area contributed by atoms with E-state index >= 15 is 0 Å². The van der Waals surface area contributed by atoms with Crippen molar-refractivity contribution in [1.82, 2.24) is 0 Å². The Labute approximate surface area is 149 Å². The van der Waals surface area contributed by atoms with Gasteiger partial charge in [0.2, 0.25) is 11.6 Å². The number of Topliss-reactive ketones (excluding diaryl/α,β-unsaturated/α-hetero) is 2. The van der Waals surface area contributed by atoms with Crippen molar-refractivity contribution in [3.8, 4) is 0 Å². The van der Waals surface area contributed by atoms with Crippen LogP contribution in [0.1, 0.15) is 52.4 Å². The maximum absolute atomic E-state index is 12.9. The number of carbonyl (C=O) groups is 4. The van der Waals surface area contributed by atoms with Crippen LogP contribution in [0.5, 0.6) is 0 Å². The molecule has 2 rings (SSSR count). The predicted octanol–water partition coefficient (Wildman–Crippen LogP) is 0.569. The molecule has 2 atom stereocenters. The summed E-state index contributed by atoms with van der Waals surface area (Å²) in [5.74, 6) is -3.84. The second kappa shape index (κ2) is 7.38. The van der Waals surface area contributed by atoms with Crippen molar-refractivity contribution in [2.45, 2.75) is 63.5 Å². The molecule has 2 fully saturated rings. The molecular weight excluding hydrogens is 348 g/mol. The summed E-state index contributed by atoms with van der Waals surface area (Å²) in [6, 6.07) is 0. The van der Waals surface area contributed by atoms with E-state index in [0.717, 1.165) is 0 Å². The fourth-order valence-corrected chi connectivity index (χ4v) is 3.51. The molecule has 10 nitrogen and oxygen atoms in total. The summed E-state index contributed by atoms with van der Waals surface area (Å²) in [4.78, 5) is 48.7. The number of hydrogen-bond donors (Lipinski definition) is 0. The number of hydroxylamine groups is 2. The van der Waals surface area contributed by atoms with E-state index < -0.39 is 34.6 Å². The van der Waals surface area contributed by atoms with Crippen LogP contribution in [0.3, 0.4) is 0 Å². The highest BCUT2D eigenvalue weighted by Gasteiger charge is 2.69.